The monoisotopic (exact) mass is 299 g/mol. The van der Waals surface area contributed by atoms with Gasteiger partial charge < -0.3 is 15.0 Å². The van der Waals surface area contributed by atoms with Crippen LogP contribution in [0.4, 0.5) is 0 Å². The molecule has 0 spiro atoms. The molecule has 1 aromatic rings. The van der Waals surface area contributed by atoms with Crippen molar-refractivity contribution in [2.24, 2.45) is 0 Å². The first kappa shape index (κ1) is 14.4. The summed E-state index contributed by atoms with van der Waals surface area (Å²) in [7, 11) is 0. The van der Waals surface area contributed by atoms with Crippen LogP contribution in [-0.2, 0) is 16.0 Å². The van der Waals surface area contributed by atoms with Gasteiger partial charge in [-0.15, -0.1) is 11.8 Å². The smallest absolute Gasteiger partial charge is 0.327 e. The number of H-pyrrole nitrogens is 2. The molecule has 2 rings (SSSR count). The Labute approximate surface area is 117 Å². The Morgan fingerprint density at radius 1 is 1.45 bits per heavy atom. The second-order valence-corrected chi connectivity index (χ2v) is 5.73. The van der Waals surface area contributed by atoms with Crippen LogP contribution in [0.15, 0.2) is 15.7 Å². The van der Waals surface area contributed by atoms with Crippen molar-refractivity contribution < 1.29 is 14.7 Å². The van der Waals surface area contributed by atoms with E-state index in [0.29, 0.717) is 5.75 Å². The number of amides is 1. The average molecular weight is 299 g/mol. The minimum Gasteiger partial charge on any atom is -0.480 e. The summed E-state index contributed by atoms with van der Waals surface area (Å²) in [6, 6.07) is 0.236. The van der Waals surface area contributed by atoms with Gasteiger partial charge in [-0.05, 0) is 6.92 Å². The largest absolute Gasteiger partial charge is 0.480 e. The van der Waals surface area contributed by atoms with Gasteiger partial charge in [-0.2, -0.15) is 0 Å². The van der Waals surface area contributed by atoms with E-state index in [4.69, 9.17) is 5.11 Å². The number of hydrogen-bond donors (Lipinski definition) is 3. The van der Waals surface area contributed by atoms with Crippen molar-refractivity contribution in [2.45, 2.75) is 24.8 Å². The highest BCUT2D eigenvalue weighted by Crippen LogP contribution is 2.29. The normalized spacial score (nSPS) is 21.9. The molecule has 3 N–H and O–H groups in total. The summed E-state index contributed by atoms with van der Waals surface area (Å²) < 4.78 is 0. The van der Waals surface area contributed by atoms with Crippen molar-refractivity contribution in [1.82, 2.24) is 14.9 Å². The van der Waals surface area contributed by atoms with Crippen molar-refractivity contribution >= 4 is 23.6 Å². The van der Waals surface area contributed by atoms with E-state index in [2.05, 4.69) is 4.98 Å². The van der Waals surface area contributed by atoms with Crippen LogP contribution in [0, 0.1) is 0 Å². The van der Waals surface area contributed by atoms with E-state index in [9.17, 15) is 19.2 Å². The van der Waals surface area contributed by atoms with Crippen LogP contribution in [0.2, 0.25) is 0 Å². The van der Waals surface area contributed by atoms with Gasteiger partial charge in [0.25, 0.3) is 5.56 Å². The van der Waals surface area contributed by atoms with Gasteiger partial charge in [-0.25, -0.2) is 9.59 Å². The maximum atomic E-state index is 12.2. The Morgan fingerprint density at radius 2 is 2.15 bits per heavy atom. The predicted molar refractivity (Wildman–Crippen MR) is 71.6 cm³/mol. The number of nitrogens with zero attached hydrogens (tertiary/aromatic N) is 1. The van der Waals surface area contributed by atoms with E-state index in [1.807, 2.05) is 4.98 Å². The van der Waals surface area contributed by atoms with Gasteiger partial charge in [0.1, 0.15) is 6.04 Å². The zero-order valence-corrected chi connectivity index (χ0v) is 11.4. The van der Waals surface area contributed by atoms with E-state index in [1.54, 1.807) is 6.92 Å². The van der Waals surface area contributed by atoms with E-state index in [0.717, 1.165) is 6.07 Å². The van der Waals surface area contributed by atoms with Crippen molar-refractivity contribution in [3.63, 3.8) is 0 Å². The molecule has 0 aliphatic carbocycles. The maximum Gasteiger partial charge on any atom is 0.327 e. The Kier molecular flexibility index (Phi) is 3.98. The third kappa shape index (κ3) is 2.93. The summed E-state index contributed by atoms with van der Waals surface area (Å²) in [4.78, 5) is 51.2. The zero-order valence-electron chi connectivity index (χ0n) is 10.6. The number of hydrogen-bond acceptors (Lipinski definition) is 5. The third-order valence-electron chi connectivity index (χ3n) is 2.95. The predicted octanol–water partition coefficient (Wildman–Crippen LogP) is -1.02. The fraction of sp³-hybridized carbons (Fsp3) is 0.455. The summed E-state index contributed by atoms with van der Waals surface area (Å²) >= 11 is 1.37. The molecular weight excluding hydrogens is 286 g/mol. The number of nitrogens with one attached hydrogen (secondary N) is 2. The van der Waals surface area contributed by atoms with Crippen LogP contribution >= 0.6 is 11.8 Å². The molecule has 2 unspecified atom stereocenters. The lowest BCUT2D eigenvalue weighted by molar-refractivity contribution is -0.148. The number of carboxylic acid groups (broad SMARTS) is 1. The first-order valence-corrected chi connectivity index (χ1v) is 6.91. The fourth-order valence-corrected chi connectivity index (χ4v) is 3.27. The molecule has 0 bridgehead atoms. The quantitative estimate of drug-likeness (QED) is 0.656. The SMILES string of the molecule is CC1SCC(C(=O)O)N1C(=O)Cc1cc(=O)[nH]c(=O)[nH]1. The molecule has 9 heteroatoms. The number of carbonyl (C=O) groups is 2. The molecule has 20 heavy (non-hydrogen) atoms. The molecule has 0 saturated carbocycles. The molecule has 1 aromatic heterocycles. The maximum absolute atomic E-state index is 12.2. The lowest BCUT2D eigenvalue weighted by Crippen LogP contribution is -2.45. The van der Waals surface area contributed by atoms with Crippen molar-refractivity contribution in [3.05, 3.63) is 32.6 Å². The van der Waals surface area contributed by atoms with E-state index in [1.165, 1.54) is 16.7 Å². The molecule has 1 aliphatic heterocycles. The van der Waals surface area contributed by atoms with Crippen LogP contribution in [0.25, 0.3) is 0 Å². The lowest BCUT2D eigenvalue weighted by atomic mass is 10.2. The van der Waals surface area contributed by atoms with Crippen LogP contribution in [0.3, 0.4) is 0 Å². The molecule has 2 heterocycles. The van der Waals surface area contributed by atoms with Gasteiger partial charge >= 0.3 is 11.7 Å². The number of carbonyl (C=O) groups excluding carboxylic acids is 1. The standard InChI is InChI=1S/C11H13N3O5S/c1-5-14(7(4-20-5)10(17)18)9(16)3-6-2-8(15)13-11(19)12-6/h2,5,7H,3-4H2,1H3,(H,17,18)(H2,12,13,15,19). The van der Waals surface area contributed by atoms with Gasteiger partial charge in [-0.3, -0.25) is 14.6 Å². The molecule has 1 saturated heterocycles. The summed E-state index contributed by atoms with van der Waals surface area (Å²) in [5, 5.41) is 8.83. The summed E-state index contributed by atoms with van der Waals surface area (Å²) in [5.74, 6) is -1.17. The highest BCUT2D eigenvalue weighted by atomic mass is 32.2. The van der Waals surface area contributed by atoms with Gasteiger partial charge in [0.05, 0.1) is 11.8 Å². The second kappa shape index (κ2) is 5.53. The Bertz CT molecular complexity index is 624. The van der Waals surface area contributed by atoms with Crippen molar-refractivity contribution in [2.75, 3.05) is 5.75 Å². The van der Waals surface area contributed by atoms with E-state index >= 15 is 0 Å². The topological polar surface area (TPSA) is 123 Å². The fourth-order valence-electron chi connectivity index (χ4n) is 2.08. The summed E-state index contributed by atoms with van der Waals surface area (Å²) in [5.41, 5.74) is -1.13. The molecule has 0 aromatic carbocycles. The molecule has 0 radical (unpaired) electrons. The molecule has 1 fully saturated rings. The number of carboxylic acids is 1. The molecule has 108 valence electrons. The molecular formula is C11H13N3O5S. The molecule has 2 atom stereocenters. The Hall–Kier alpha value is -2.03. The number of aliphatic carboxylic acids is 1. The number of aromatic amines is 2. The van der Waals surface area contributed by atoms with Crippen molar-refractivity contribution in [1.29, 1.82) is 0 Å². The van der Waals surface area contributed by atoms with Gasteiger partial charge in [-0.1, -0.05) is 0 Å². The minimum atomic E-state index is -1.06. The number of aromatic nitrogens is 2. The van der Waals surface area contributed by atoms with Crippen LogP contribution < -0.4 is 11.2 Å². The van der Waals surface area contributed by atoms with Crippen LogP contribution in [0.1, 0.15) is 12.6 Å². The zero-order chi connectivity index (χ0) is 14.9. The molecule has 8 nitrogen and oxygen atoms in total. The average Bonchev–Trinajstić information content (AvgIpc) is 2.69. The number of rotatable bonds is 3. The summed E-state index contributed by atoms with van der Waals surface area (Å²) in [6.07, 6.45) is -0.214. The van der Waals surface area contributed by atoms with Gasteiger partial charge in [0, 0.05) is 17.5 Å². The van der Waals surface area contributed by atoms with Gasteiger partial charge in [0.2, 0.25) is 5.91 Å². The Morgan fingerprint density at radius 3 is 2.75 bits per heavy atom. The first-order valence-electron chi connectivity index (χ1n) is 5.86. The van der Waals surface area contributed by atoms with E-state index < -0.39 is 29.2 Å². The second-order valence-electron chi connectivity index (χ2n) is 4.38. The molecule has 1 aliphatic rings. The van der Waals surface area contributed by atoms with Gasteiger partial charge in [0.15, 0.2) is 0 Å². The van der Waals surface area contributed by atoms with Crippen LogP contribution in [-0.4, -0.2) is 49.0 Å². The third-order valence-corrected chi connectivity index (χ3v) is 4.17. The highest BCUT2D eigenvalue weighted by Gasteiger charge is 2.39. The number of thioether (sulfide) groups is 1. The Balaban J connectivity index is 2.20. The first-order chi connectivity index (χ1) is 9.38. The van der Waals surface area contributed by atoms with Crippen molar-refractivity contribution in [3.8, 4) is 0 Å². The minimum absolute atomic E-state index is 0.164. The lowest BCUT2D eigenvalue weighted by Gasteiger charge is -2.24. The summed E-state index contributed by atoms with van der Waals surface area (Å²) in [6.45, 7) is 1.74. The van der Waals surface area contributed by atoms with Crippen LogP contribution in [0.5, 0.6) is 0 Å². The van der Waals surface area contributed by atoms with E-state index in [-0.39, 0.29) is 17.5 Å². The molecule has 1 amide bonds. The highest BCUT2D eigenvalue weighted by molar-refractivity contribution is 8.00.